The average Bonchev–Trinajstić information content (AvgIpc) is 2.54. The molecule has 0 bridgehead atoms. The van der Waals surface area contributed by atoms with E-state index in [0.29, 0.717) is 0 Å². The first-order valence-electron chi connectivity index (χ1n) is 10.1. The van der Waals surface area contributed by atoms with Crippen LogP contribution in [-0.4, -0.2) is 0 Å². The van der Waals surface area contributed by atoms with Crippen molar-refractivity contribution in [2.45, 2.75) is 116 Å². The number of hydrogen-bond donors (Lipinski definition) is 0. The van der Waals surface area contributed by atoms with E-state index in [2.05, 4.69) is 19.9 Å². The lowest BCUT2D eigenvalue weighted by Crippen LogP contribution is -1.83. The first-order valence-corrected chi connectivity index (χ1v) is 10.1. The van der Waals surface area contributed by atoms with Crippen LogP contribution in [0, 0.1) is 13.8 Å². The summed E-state index contributed by atoms with van der Waals surface area (Å²) in [5, 5.41) is 0. The summed E-state index contributed by atoms with van der Waals surface area (Å²) in [7, 11) is 0. The normalized spacial score (nSPS) is 11.5. The Labute approximate surface area is 142 Å². The van der Waals surface area contributed by atoms with E-state index in [1.54, 1.807) is 0 Å². The topological polar surface area (TPSA) is 0 Å². The second kappa shape index (κ2) is 20.7. The van der Waals surface area contributed by atoms with Crippen molar-refractivity contribution in [3.63, 3.8) is 0 Å². The second-order valence-electron chi connectivity index (χ2n) is 6.77. The smallest absolute Gasteiger partial charge is 0.0316 e. The highest BCUT2D eigenvalue weighted by Crippen LogP contribution is 2.14. The summed E-state index contributed by atoms with van der Waals surface area (Å²) in [5.74, 6) is 0. The van der Waals surface area contributed by atoms with E-state index in [9.17, 15) is 0 Å². The van der Waals surface area contributed by atoms with Crippen LogP contribution in [0.5, 0.6) is 0 Å². The Morgan fingerprint density at radius 1 is 0.455 bits per heavy atom. The van der Waals surface area contributed by atoms with Gasteiger partial charge in [-0.1, -0.05) is 122 Å². The van der Waals surface area contributed by atoms with Crippen LogP contribution in [0.1, 0.15) is 116 Å². The van der Waals surface area contributed by atoms with E-state index in [4.69, 9.17) is 0 Å². The number of allylic oxidation sites excluding steroid dienone is 2. The fraction of sp³-hybridized carbons (Fsp3) is 0.818. The van der Waals surface area contributed by atoms with Crippen LogP contribution in [0.25, 0.3) is 0 Å². The van der Waals surface area contributed by atoms with E-state index >= 15 is 0 Å². The molecule has 0 aliphatic heterocycles. The molecule has 130 valence electrons. The van der Waals surface area contributed by atoms with Crippen LogP contribution in [0.2, 0.25) is 0 Å². The highest BCUT2D eigenvalue weighted by atomic mass is 14.0. The van der Waals surface area contributed by atoms with Gasteiger partial charge >= 0.3 is 0 Å². The third-order valence-corrected chi connectivity index (χ3v) is 4.54. The van der Waals surface area contributed by atoms with Gasteiger partial charge in [0.1, 0.15) is 0 Å². The second-order valence-corrected chi connectivity index (χ2v) is 6.77. The van der Waals surface area contributed by atoms with E-state index in [-0.39, 0.29) is 0 Å². The molecule has 0 heterocycles. The van der Waals surface area contributed by atoms with Crippen molar-refractivity contribution in [2.24, 2.45) is 0 Å². The lowest BCUT2D eigenvalue weighted by atomic mass is 10.0. The minimum absolute atomic E-state index is 1.12. The summed E-state index contributed by atoms with van der Waals surface area (Å²) in [6, 6.07) is 0. The van der Waals surface area contributed by atoms with Crippen LogP contribution in [0.15, 0.2) is 12.2 Å². The van der Waals surface area contributed by atoms with E-state index in [0.717, 1.165) is 6.42 Å². The van der Waals surface area contributed by atoms with Crippen molar-refractivity contribution in [1.29, 1.82) is 0 Å². The molecule has 0 spiro atoms. The van der Waals surface area contributed by atoms with Gasteiger partial charge in [-0.3, -0.25) is 0 Å². The largest absolute Gasteiger partial charge is 0.0885 e. The summed E-state index contributed by atoms with van der Waals surface area (Å²) < 4.78 is 0. The molecule has 0 aliphatic carbocycles. The zero-order valence-corrected chi connectivity index (χ0v) is 15.3. The molecule has 0 atom stereocenters. The summed E-state index contributed by atoms with van der Waals surface area (Å²) in [4.78, 5) is 0. The van der Waals surface area contributed by atoms with Crippen LogP contribution in [-0.2, 0) is 0 Å². The minimum atomic E-state index is 1.12. The average molecular weight is 307 g/mol. The van der Waals surface area contributed by atoms with Gasteiger partial charge in [-0.25, -0.2) is 0 Å². The lowest BCUT2D eigenvalue weighted by Gasteiger charge is -2.03. The number of rotatable bonds is 18. The van der Waals surface area contributed by atoms with Crippen molar-refractivity contribution in [3.05, 3.63) is 26.0 Å². The molecular formula is C22H42. The zero-order chi connectivity index (χ0) is 16.1. The van der Waals surface area contributed by atoms with Gasteiger partial charge in [-0.15, -0.1) is 0 Å². The van der Waals surface area contributed by atoms with E-state index < -0.39 is 0 Å². The third-order valence-electron chi connectivity index (χ3n) is 4.54. The SMILES string of the molecule is [CH2]C=CCCCCCCCCCCCCCCCCCC[CH2]. The maximum Gasteiger partial charge on any atom is -0.0316 e. The Kier molecular flexibility index (Phi) is 20.5. The Balaban J connectivity index is 2.94. The standard InChI is InChI=1S/C22H42/c1-3-5-7-9-11-13-15-17-19-21-22-20-18-16-14-12-10-8-6-4-2/h3,5H,1-2,4,6-22H2. The van der Waals surface area contributed by atoms with E-state index in [1.807, 2.05) is 6.08 Å². The molecule has 0 N–H and O–H groups in total. The van der Waals surface area contributed by atoms with Crippen molar-refractivity contribution in [1.82, 2.24) is 0 Å². The maximum atomic E-state index is 3.90. The van der Waals surface area contributed by atoms with Gasteiger partial charge in [-0.2, -0.15) is 0 Å². The van der Waals surface area contributed by atoms with Gasteiger partial charge in [-0.05, 0) is 19.8 Å². The third kappa shape index (κ3) is 19.7. The van der Waals surface area contributed by atoms with Gasteiger partial charge in [0.05, 0.1) is 0 Å². The van der Waals surface area contributed by atoms with Crippen molar-refractivity contribution < 1.29 is 0 Å². The first kappa shape index (κ1) is 21.7. The highest BCUT2D eigenvalue weighted by Gasteiger charge is 1.94. The molecule has 22 heavy (non-hydrogen) atoms. The zero-order valence-electron chi connectivity index (χ0n) is 15.3. The molecule has 0 aromatic rings. The van der Waals surface area contributed by atoms with Gasteiger partial charge in [0.2, 0.25) is 0 Å². The molecule has 0 saturated carbocycles. The predicted molar refractivity (Wildman–Crippen MR) is 103 cm³/mol. The lowest BCUT2D eigenvalue weighted by molar-refractivity contribution is 0.528. The van der Waals surface area contributed by atoms with Crippen LogP contribution < -0.4 is 0 Å². The molecular weight excluding hydrogens is 264 g/mol. The summed E-state index contributed by atoms with van der Waals surface area (Å²) >= 11 is 0. The summed E-state index contributed by atoms with van der Waals surface area (Å²) in [5.41, 5.74) is 0. The molecule has 0 amide bonds. The van der Waals surface area contributed by atoms with E-state index in [1.165, 1.54) is 109 Å². The van der Waals surface area contributed by atoms with Gasteiger partial charge in [0, 0.05) is 0 Å². The minimum Gasteiger partial charge on any atom is -0.0885 e. The molecule has 2 radical (unpaired) electrons. The fourth-order valence-electron chi connectivity index (χ4n) is 3.03. The molecule has 0 nitrogen and oxygen atoms in total. The molecule has 0 aromatic heterocycles. The predicted octanol–water partition coefficient (Wildman–Crippen LogP) is 8.23. The monoisotopic (exact) mass is 306 g/mol. The fourth-order valence-corrected chi connectivity index (χ4v) is 3.03. The summed E-state index contributed by atoms with van der Waals surface area (Å²) in [6.45, 7) is 7.61. The van der Waals surface area contributed by atoms with Crippen LogP contribution in [0.3, 0.4) is 0 Å². The molecule has 0 fully saturated rings. The van der Waals surface area contributed by atoms with Crippen molar-refractivity contribution in [3.8, 4) is 0 Å². The first-order chi connectivity index (χ1) is 10.9. The maximum absolute atomic E-state index is 3.90. The van der Waals surface area contributed by atoms with Gasteiger partial charge < -0.3 is 0 Å². The Hall–Kier alpha value is -0.260. The molecule has 0 saturated heterocycles. The Morgan fingerprint density at radius 3 is 1.09 bits per heavy atom. The van der Waals surface area contributed by atoms with Gasteiger partial charge in [0.15, 0.2) is 0 Å². The van der Waals surface area contributed by atoms with Gasteiger partial charge in [0.25, 0.3) is 0 Å². The highest BCUT2D eigenvalue weighted by molar-refractivity contribution is 4.83. The van der Waals surface area contributed by atoms with Crippen molar-refractivity contribution >= 4 is 0 Å². The van der Waals surface area contributed by atoms with Crippen molar-refractivity contribution in [2.75, 3.05) is 0 Å². The Morgan fingerprint density at radius 2 is 0.773 bits per heavy atom. The number of hydrogen-bond acceptors (Lipinski definition) is 0. The molecule has 0 unspecified atom stereocenters. The van der Waals surface area contributed by atoms with Crippen LogP contribution >= 0.6 is 0 Å². The van der Waals surface area contributed by atoms with Crippen LogP contribution in [0.4, 0.5) is 0 Å². The quantitative estimate of drug-likeness (QED) is 0.224. The summed E-state index contributed by atoms with van der Waals surface area (Å²) in [6.07, 6.45) is 29.4. The molecule has 0 aliphatic rings. The number of unbranched alkanes of at least 4 members (excludes halogenated alkanes) is 17. The molecule has 0 rings (SSSR count). The Bertz CT molecular complexity index is 204. The molecule has 0 heteroatoms. The molecule has 0 aromatic carbocycles.